The van der Waals surface area contributed by atoms with Crippen LogP contribution in [0.5, 0.6) is 0 Å². The van der Waals surface area contributed by atoms with Gasteiger partial charge < -0.3 is 9.84 Å². The molecule has 3 nitrogen and oxygen atoms in total. The number of hydrogen-bond donors (Lipinski definition) is 1. The molecule has 0 aromatic rings. The summed E-state index contributed by atoms with van der Waals surface area (Å²) in [5.74, 6) is 0.579. The largest absolute Gasteiger partial charge is 0.392 e. The third-order valence-electron chi connectivity index (χ3n) is 3.54. The second-order valence-corrected chi connectivity index (χ2v) is 4.78. The molecule has 2 fully saturated rings. The molecule has 1 saturated carbocycles. The van der Waals surface area contributed by atoms with Crippen LogP contribution in [-0.4, -0.2) is 48.5 Å². The Morgan fingerprint density at radius 2 is 2.14 bits per heavy atom. The maximum absolute atomic E-state index is 9.82. The van der Waals surface area contributed by atoms with Crippen LogP contribution < -0.4 is 0 Å². The lowest BCUT2D eigenvalue weighted by atomic mass is 10.1. The summed E-state index contributed by atoms with van der Waals surface area (Å²) < 4.78 is 5.52. The summed E-state index contributed by atoms with van der Waals surface area (Å²) in [5.41, 5.74) is 0. The van der Waals surface area contributed by atoms with Crippen LogP contribution >= 0.6 is 0 Å². The van der Waals surface area contributed by atoms with E-state index in [0.717, 1.165) is 19.6 Å². The zero-order chi connectivity index (χ0) is 10.1. The van der Waals surface area contributed by atoms with Crippen LogP contribution in [0.2, 0.25) is 0 Å². The van der Waals surface area contributed by atoms with Crippen LogP contribution in [0, 0.1) is 5.92 Å². The Hall–Kier alpha value is -0.120. The fourth-order valence-electron chi connectivity index (χ4n) is 2.36. The molecule has 1 heterocycles. The number of ether oxygens (including phenoxy) is 1. The first kappa shape index (κ1) is 10.4. The van der Waals surface area contributed by atoms with Gasteiger partial charge in [0, 0.05) is 19.2 Å². The van der Waals surface area contributed by atoms with Gasteiger partial charge in [0.15, 0.2) is 0 Å². The SMILES string of the molecule is CC1OCCC1N(C)CC(O)C1CC1. The lowest BCUT2D eigenvalue weighted by molar-refractivity contribution is 0.0515. The van der Waals surface area contributed by atoms with Crippen molar-refractivity contribution in [1.29, 1.82) is 0 Å². The molecule has 2 rings (SSSR count). The molecule has 1 N–H and O–H groups in total. The Balaban J connectivity index is 1.78. The molecule has 3 unspecified atom stereocenters. The van der Waals surface area contributed by atoms with Crippen LogP contribution in [0.1, 0.15) is 26.2 Å². The van der Waals surface area contributed by atoms with Crippen molar-refractivity contribution in [2.75, 3.05) is 20.2 Å². The average Bonchev–Trinajstić information content (AvgIpc) is 2.89. The lowest BCUT2D eigenvalue weighted by Crippen LogP contribution is -2.41. The molecule has 1 saturated heterocycles. The highest BCUT2D eigenvalue weighted by Gasteiger charge is 2.34. The van der Waals surface area contributed by atoms with E-state index in [4.69, 9.17) is 4.74 Å². The fourth-order valence-corrected chi connectivity index (χ4v) is 2.36. The third kappa shape index (κ3) is 2.27. The molecule has 0 spiro atoms. The molecule has 1 aliphatic carbocycles. The molecule has 0 amide bonds. The van der Waals surface area contributed by atoms with Gasteiger partial charge in [0.05, 0.1) is 12.2 Å². The van der Waals surface area contributed by atoms with E-state index in [2.05, 4.69) is 18.9 Å². The van der Waals surface area contributed by atoms with Crippen LogP contribution in [0.3, 0.4) is 0 Å². The standard InChI is InChI=1S/C11H21NO2/c1-8-10(5-6-14-8)12(2)7-11(13)9-3-4-9/h8-11,13H,3-7H2,1-2H3. The molecule has 0 aromatic heterocycles. The van der Waals surface area contributed by atoms with E-state index in [9.17, 15) is 5.11 Å². The van der Waals surface area contributed by atoms with Crippen molar-refractivity contribution >= 4 is 0 Å². The Morgan fingerprint density at radius 3 is 2.64 bits per heavy atom. The zero-order valence-corrected chi connectivity index (χ0v) is 9.15. The van der Waals surface area contributed by atoms with Gasteiger partial charge in [-0.3, -0.25) is 4.90 Å². The summed E-state index contributed by atoms with van der Waals surface area (Å²) in [7, 11) is 2.10. The van der Waals surface area contributed by atoms with Gasteiger partial charge in [-0.25, -0.2) is 0 Å². The quantitative estimate of drug-likeness (QED) is 0.729. The van der Waals surface area contributed by atoms with Crippen molar-refractivity contribution < 1.29 is 9.84 Å². The first-order valence-corrected chi connectivity index (χ1v) is 5.68. The number of likely N-dealkylation sites (N-methyl/N-ethyl adjacent to an activating group) is 1. The molecule has 82 valence electrons. The van der Waals surface area contributed by atoms with Gasteiger partial charge in [0.25, 0.3) is 0 Å². The van der Waals surface area contributed by atoms with Crippen molar-refractivity contribution in [3.8, 4) is 0 Å². The maximum Gasteiger partial charge on any atom is 0.0702 e. The Labute approximate surface area is 86.0 Å². The van der Waals surface area contributed by atoms with E-state index in [1.165, 1.54) is 12.8 Å². The molecular weight excluding hydrogens is 178 g/mol. The van der Waals surface area contributed by atoms with Crippen molar-refractivity contribution in [1.82, 2.24) is 4.90 Å². The van der Waals surface area contributed by atoms with Gasteiger partial charge in [0.2, 0.25) is 0 Å². The molecule has 1 aliphatic heterocycles. The average molecular weight is 199 g/mol. The summed E-state index contributed by atoms with van der Waals surface area (Å²) in [4.78, 5) is 2.26. The number of hydrogen-bond acceptors (Lipinski definition) is 3. The van der Waals surface area contributed by atoms with E-state index >= 15 is 0 Å². The van der Waals surface area contributed by atoms with Crippen LogP contribution in [0.4, 0.5) is 0 Å². The Morgan fingerprint density at radius 1 is 1.43 bits per heavy atom. The van der Waals surface area contributed by atoms with E-state index in [0.29, 0.717) is 18.1 Å². The Kier molecular flexibility index (Phi) is 3.10. The van der Waals surface area contributed by atoms with Crippen molar-refractivity contribution in [3.63, 3.8) is 0 Å². The maximum atomic E-state index is 9.82. The first-order chi connectivity index (χ1) is 6.68. The second-order valence-electron chi connectivity index (χ2n) is 4.78. The predicted octanol–water partition coefficient (Wildman–Crippen LogP) is 0.866. The molecule has 14 heavy (non-hydrogen) atoms. The normalized spacial score (nSPS) is 35.1. The van der Waals surface area contributed by atoms with Gasteiger partial charge in [-0.15, -0.1) is 0 Å². The number of nitrogens with zero attached hydrogens (tertiary/aromatic N) is 1. The highest BCUT2D eigenvalue weighted by atomic mass is 16.5. The molecular formula is C11H21NO2. The molecule has 0 radical (unpaired) electrons. The minimum absolute atomic E-state index is 0.118. The predicted molar refractivity (Wildman–Crippen MR) is 55.2 cm³/mol. The second kappa shape index (κ2) is 4.17. The van der Waals surface area contributed by atoms with Crippen LogP contribution in [0.25, 0.3) is 0 Å². The van der Waals surface area contributed by atoms with Crippen LogP contribution in [0.15, 0.2) is 0 Å². The minimum atomic E-state index is -0.118. The third-order valence-corrected chi connectivity index (χ3v) is 3.54. The van der Waals surface area contributed by atoms with Crippen molar-refractivity contribution in [2.45, 2.75) is 44.4 Å². The number of aliphatic hydroxyl groups excluding tert-OH is 1. The van der Waals surface area contributed by atoms with E-state index in [1.54, 1.807) is 0 Å². The number of aliphatic hydroxyl groups is 1. The van der Waals surface area contributed by atoms with Gasteiger partial charge in [-0.1, -0.05) is 0 Å². The summed E-state index contributed by atoms with van der Waals surface area (Å²) in [6.45, 7) is 3.80. The molecule has 2 aliphatic rings. The lowest BCUT2D eigenvalue weighted by Gasteiger charge is -2.28. The van der Waals surface area contributed by atoms with Crippen molar-refractivity contribution in [2.24, 2.45) is 5.92 Å². The minimum Gasteiger partial charge on any atom is -0.392 e. The van der Waals surface area contributed by atoms with Gasteiger partial charge in [-0.05, 0) is 39.2 Å². The van der Waals surface area contributed by atoms with Crippen LogP contribution in [-0.2, 0) is 4.74 Å². The van der Waals surface area contributed by atoms with E-state index in [1.807, 2.05) is 0 Å². The zero-order valence-electron chi connectivity index (χ0n) is 9.15. The van der Waals surface area contributed by atoms with E-state index in [-0.39, 0.29) is 6.10 Å². The van der Waals surface area contributed by atoms with Gasteiger partial charge in [-0.2, -0.15) is 0 Å². The monoisotopic (exact) mass is 199 g/mol. The molecule has 3 heteroatoms. The molecule has 0 aromatic carbocycles. The molecule has 3 atom stereocenters. The highest BCUT2D eigenvalue weighted by molar-refractivity contribution is 4.86. The van der Waals surface area contributed by atoms with Gasteiger partial charge >= 0.3 is 0 Å². The number of rotatable bonds is 4. The smallest absolute Gasteiger partial charge is 0.0702 e. The molecule has 0 bridgehead atoms. The highest BCUT2D eigenvalue weighted by Crippen LogP contribution is 2.33. The van der Waals surface area contributed by atoms with Gasteiger partial charge in [0.1, 0.15) is 0 Å². The summed E-state index contributed by atoms with van der Waals surface area (Å²) in [6.07, 6.45) is 3.74. The first-order valence-electron chi connectivity index (χ1n) is 5.68. The summed E-state index contributed by atoms with van der Waals surface area (Å²) in [6, 6.07) is 0.503. The van der Waals surface area contributed by atoms with Crippen molar-refractivity contribution in [3.05, 3.63) is 0 Å². The topological polar surface area (TPSA) is 32.7 Å². The summed E-state index contributed by atoms with van der Waals surface area (Å²) >= 11 is 0. The fraction of sp³-hybridized carbons (Fsp3) is 1.00. The Bertz CT molecular complexity index is 194. The summed E-state index contributed by atoms with van der Waals surface area (Å²) in [5, 5.41) is 9.82. The van der Waals surface area contributed by atoms with E-state index < -0.39 is 0 Å².